The monoisotopic (exact) mass is 487 g/mol. The number of aryl methyl sites for hydroxylation is 1. The molecule has 0 bridgehead atoms. The molecule has 0 radical (unpaired) electrons. The van der Waals surface area contributed by atoms with Gasteiger partial charge in [-0.3, -0.25) is 4.79 Å². The fraction of sp³-hybridized carbons (Fsp3) is 0.259. The van der Waals surface area contributed by atoms with Crippen molar-refractivity contribution in [2.24, 2.45) is 10.9 Å². The average Bonchev–Trinajstić information content (AvgIpc) is 3.07. The van der Waals surface area contributed by atoms with Gasteiger partial charge >= 0.3 is 12.1 Å². The van der Waals surface area contributed by atoms with Crippen LogP contribution in [0, 0.1) is 12.8 Å². The molecule has 34 heavy (non-hydrogen) atoms. The number of allylic oxidation sites excluding steroid dienone is 4. The van der Waals surface area contributed by atoms with Crippen LogP contribution in [-0.4, -0.2) is 23.0 Å². The van der Waals surface area contributed by atoms with Crippen LogP contribution in [0.3, 0.4) is 0 Å². The Morgan fingerprint density at radius 3 is 2.53 bits per heavy atom. The Labute approximate surface area is 202 Å². The van der Waals surface area contributed by atoms with Crippen molar-refractivity contribution in [2.75, 3.05) is 0 Å². The van der Waals surface area contributed by atoms with E-state index in [-0.39, 0.29) is 16.8 Å². The number of hydrogen-bond acceptors (Lipinski definition) is 2. The minimum absolute atomic E-state index is 0.0290. The Morgan fingerprint density at radius 1 is 1.21 bits per heavy atom. The molecule has 1 aliphatic rings. The van der Waals surface area contributed by atoms with Crippen molar-refractivity contribution in [2.45, 2.75) is 38.8 Å². The highest BCUT2D eigenvalue weighted by atomic mass is 35.5. The number of nitrogens with zero attached hydrogens (tertiary/aromatic N) is 1. The summed E-state index contributed by atoms with van der Waals surface area (Å²) < 4.78 is 39.8. The smallest absolute Gasteiger partial charge is 0.393 e. The van der Waals surface area contributed by atoms with Crippen LogP contribution in [0.4, 0.5) is 13.2 Å². The SMILES string of the molecule is C=C1C(/C=C/CCC(Cc2ccccc2)C(=O)O)=NC(c2ccc(Cl)c(C)c2)=C1CC(F)(F)F. The predicted molar refractivity (Wildman–Crippen MR) is 130 cm³/mol. The molecule has 0 saturated carbocycles. The van der Waals surface area contributed by atoms with Gasteiger partial charge < -0.3 is 5.11 Å². The Balaban J connectivity index is 1.75. The van der Waals surface area contributed by atoms with E-state index in [0.29, 0.717) is 35.6 Å². The van der Waals surface area contributed by atoms with E-state index in [0.717, 1.165) is 11.1 Å². The van der Waals surface area contributed by atoms with E-state index in [1.807, 2.05) is 30.3 Å². The van der Waals surface area contributed by atoms with Gasteiger partial charge in [0.1, 0.15) is 0 Å². The van der Waals surface area contributed by atoms with Crippen molar-refractivity contribution >= 4 is 29.0 Å². The number of halogens is 4. The minimum Gasteiger partial charge on any atom is -0.481 e. The van der Waals surface area contributed by atoms with Crippen molar-refractivity contribution in [1.82, 2.24) is 0 Å². The molecule has 178 valence electrons. The molecular weight excluding hydrogens is 463 g/mol. The third kappa shape index (κ3) is 6.70. The van der Waals surface area contributed by atoms with Gasteiger partial charge in [0, 0.05) is 10.6 Å². The summed E-state index contributed by atoms with van der Waals surface area (Å²) in [6, 6.07) is 14.4. The van der Waals surface area contributed by atoms with Crippen LogP contribution in [0.5, 0.6) is 0 Å². The number of carbonyl (C=O) groups is 1. The molecule has 0 aliphatic carbocycles. The molecule has 2 aromatic carbocycles. The topological polar surface area (TPSA) is 49.7 Å². The number of benzene rings is 2. The molecule has 0 spiro atoms. The Kier molecular flexibility index (Phi) is 8.15. The lowest BCUT2D eigenvalue weighted by atomic mass is 9.94. The van der Waals surface area contributed by atoms with Crippen molar-refractivity contribution in [1.29, 1.82) is 0 Å². The zero-order valence-electron chi connectivity index (χ0n) is 18.7. The maximum atomic E-state index is 13.3. The lowest BCUT2D eigenvalue weighted by molar-refractivity contribution is -0.141. The van der Waals surface area contributed by atoms with E-state index in [2.05, 4.69) is 11.6 Å². The highest BCUT2D eigenvalue weighted by Crippen LogP contribution is 2.39. The van der Waals surface area contributed by atoms with E-state index in [9.17, 15) is 23.1 Å². The summed E-state index contributed by atoms with van der Waals surface area (Å²) in [4.78, 5) is 16.1. The van der Waals surface area contributed by atoms with Crippen molar-refractivity contribution in [3.05, 3.63) is 100 Å². The standard InChI is InChI=1S/C27H25ClF3NO2/c1-17-14-20(12-13-23(17)28)25-22(16-27(29,30)31)18(2)24(32-25)11-7-6-10-21(26(33)34)15-19-8-4-3-5-9-19/h3-5,7-9,11-14,21H,2,6,10,15-16H2,1H3,(H,33,34)/b11-7+. The summed E-state index contributed by atoms with van der Waals surface area (Å²) in [5.74, 6) is -1.44. The van der Waals surface area contributed by atoms with Crippen molar-refractivity contribution in [3.8, 4) is 0 Å². The highest BCUT2D eigenvalue weighted by molar-refractivity contribution is 6.31. The van der Waals surface area contributed by atoms with Crippen LogP contribution in [0.15, 0.2) is 83.4 Å². The zero-order chi connectivity index (χ0) is 24.9. The fourth-order valence-corrected chi connectivity index (χ4v) is 3.93. The second kappa shape index (κ2) is 10.9. The third-order valence-electron chi connectivity index (χ3n) is 5.63. The van der Waals surface area contributed by atoms with Gasteiger partial charge in [0.2, 0.25) is 0 Å². The quantitative estimate of drug-likeness (QED) is 0.396. The minimum atomic E-state index is -4.41. The first kappa shape index (κ1) is 25.5. The lowest BCUT2D eigenvalue weighted by Crippen LogP contribution is -2.16. The number of alkyl halides is 3. The normalized spacial score (nSPS) is 15.2. The first-order valence-corrected chi connectivity index (χ1v) is 11.2. The van der Waals surface area contributed by atoms with Crippen LogP contribution in [0.2, 0.25) is 5.02 Å². The number of carboxylic acids is 1. The molecule has 7 heteroatoms. The molecule has 0 amide bonds. The molecule has 2 aromatic rings. The van der Waals surface area contributed by atoms with E-state index in [1.54, 1.807) is 37.3 Å². The van der Waals surface area contributed by atoms with Gasteiger partial charge in [-0.2, -0.15) is 13.2 Å². The second-order valence-corrected chi connectivity index (χ2v) is 8.67. The summed E-state index contributed by atoms with van der Waals surface area (Å²) in [7, 11) is 0. The molecule has 3 rings (SSSR count). The first-order valence-electron chi connectivity index (χ1n) is 10.8. The fourth-order valence-electron chi connectivity index (χ4n) is 3.82. The number of hydrogen-bond donors (Lipinski definition) is 1. The second-order valence-electron chi connectivity index (χ2n) is 8.26. The Bertz CT molecular complexity index is 1160. The van der Waals surface area contributed by atoms with Crippen molar-refractivity contribution in [3.63, 3.8) is 0 Å². The maximum Gasteiger partial charge on any atom is 0.393 e. The third-order valence-corrected chi connectivity index (χ3v) is 6.06. The molecule has 1 aliphatic heterocycles. The van der Waals surface area contributed by atoms with E-state index >= 15 is 0 Å². The van der Waals surface area contributed by atoms with Crippen LogP contribution in [0.1, 0.15) is 36.0 Å². The summed E-state index contributed by atoms with van der Waals surface area (Å²) in [5.41, 5.74) is 3.04. The van der Waals surface area contributed by atoms with Crippen molar-refractivity contribution < 1.29 is 23.1 Å². The summed E-state index contributed by atoms with van der Waals surface area (Å²) in [5, 5.41) is 10.1. The largest absolute Gasteiger partial charge is 0.481 e. The van der Waals surface area contributed by atoms with Crippen LogP contribution in [-0.2, 0) is 11.2 Å². The predicted octanol–water partition coefficient (Wildman–Crippen LogP) is 7.60. The van der Waals surface area contributed by atoms with E-state index < -0.39 is 24.5 Å². The zero-order valence-corrected chi connectivity index (χ0v) is 19.5. The first-order chi connectivity index (χ1) is 16.0. The molecule has 3 nitrogen and oxygen atoms in total. The van der Waals surface area contributed by atoms with E-state index in [4.69, 9.17) is 11.6 Å². The summed E-state index contributed by atoms with van der Waals surface area (Å²) >= 11 is 6.07. The molecule has 0 aromatic heterocycles. The van der Waals surface area contributed by atoms with Gasteiger partial charge in [0.05, 0.1) is 23.7 Å². The molecule has 1 atom stereocenters. The van der Waals surface area contributed by atoms with Gasteiger partial charge in [0.15, 0.2) is 0 Å². The number of aliphatic carboxylic acids is 1. The average molecular weight is 488 g/mol. The molecule has 0 saturated heterocycles. The van der Waals surface area contributed by atoms with Gasteiger partial charge in [0.25, 0.3) is 0 Å². The van der Waals surface area contributed by atoms with Gasteiger partial charge in [-0.25, -0.2) is 4.99 Å². The number of aliphatic imine (C=N–C) groups is 1. The molecule has 1 heterocycles. The van der Waals surface area contributed by atoms with Crippen LogP contribution in [0.25, 0.3) is 5.70 Å². The van der Waals surface area contributed by atoms with Crippen LogP contribution >= 0.6 is 11.6 Å². The lowest BCUT2D eigenvalue weighted by Gasteiger charge is -2.12. The highest BCUT2D eigenvalue weighted by Gasteiger charge is 2.34. The summed E-state index contributed by atoms with van der Waals surface area (Å²) in [6.45, 7) is 5.63. The molecular formula is C27H25ClF3NO2. The van der Waals surface area contributed by atoms with Crippen LogP contribution < -0.4 is 0 Å². The maximum absolute atomic E-state index is 13.3. The number of carboxylic acid groups (broad SMARTS) is 1. The Hall–Kier alpha value is -3.12. The van der Waals surface area contributed by atoms with Gasteiger partial charge in [-0.05, 0) is 66.7 Å². The van der Waals surface area contributed by atoms with E-state index in [1.165, 1.54) is 0 Å². The molecule has 1 unspecified atom stereocenters. The summed E-state index contributed by atoms with van der Waals surface area (Å²) in [6.07, 6.45) is -0.933. The number of rotatable bonds is 9. The Morgan fingerprint density at radius 2 is 1.91 bits per heavy atom. The van der Waals surface area contributed by atoms with Gasteiger partial charge in [-0.1, -0.05) is 60.7 Å². The van der Waals surface area contributed by atoms with Gasteiger partial charge in [-0.15, -0.1) is 0 Å². The molecule has 1 N–H and O–H groups in total. The molecule has 0 fully saturated rings.